The number of hydrogen-bond donors (Lipinski definition) is 2. The summed E-state index contributed by atoms with van der Waals surface area (Å²) in [6.07, 6.45) is -5.02. The van der Waals surface area contributed by atoms with E-state index < -0.39 is 41.5 Å². The third-order valence-corrected chi connectivity index (χ3v) is 3.50. The number of nitrogens with one attached hydrogen (secondary N) is 2. The first-order valence-electron chi connectivity index (χ1n) is 7.73. The van der Waals surface area contributed by atoms with Crippen molar-refractivity contribution in [2.45, 2.75) is 19.0 Å². The first-order chi connectivity index (χ1) is 12.3. The van der Waals surface area contributed by atoms with Gasteiger partial charge in [-0.25, -0.2) is 4.39 Å². The van der Waals surface area contributed by atoms with Gasteiger partial charge in [0.1, 0.15) is 12.2 Å². The summed E-state index contributed by atoms with van der Waals surface area (Å²) in [5, 5.41) is 4.52. The molecule has 0 atom stereocenters. The predicted molar refractivity (Wildman–Crippen MR) is 87.8 cm³/mol. The van der Waals surface area contributed by atoms with Crippen LogP contribution in [0.5, 0.6) is 0 Å². The van der Waals surface area contributed by atoms with Crippen LogP contribution in [0.15, 0.2) is 48.5 Å². The lowest BCUT2D eigenvalue weighted by Gasteiger charge is -2.13. The van der Waals surface area contributed by atoms with E-state index in [1.807, 2.05) is 0 Å². The molecule has 0 saturated carbocycles. The maximum absolute atomic E-state index is 13.4. The minimum absolute atomic E-state index is 0.103. The average Bonchev–Trinajstić information content (AvgIpc) is 2.56. The minimum atomic E-state index is -4.62. The first-order valence-corrected chi connectivity index (χ1v) is 7.73. The monoisotopic (exact) mass is 368 g/mol. The Labute approximate surface area is 147 Å². The van der Waals surface area contributed by atoms with Gasteiger partial charge in [-0.1, -0.05) is 30.3 Å². The molecule has 4 nitrogen and oxygen atoms in total. The molecular formula is C18H16F4N2O2. The molecule has 0 unspecified atom stereocenters. The lowest BCUT2D eigenvalue weighted by atomic mass is 10.1. The summed E-state index contributed by atoms with van der Waals surface area (Å²) in [7, 11) is 0. The van der Waals surface area contributed by atoms with Gasteiger partial charge < -0.3 is 10.6 Å². The second kappa shape index (κ2) is 8.46. The Bertz CT molecular complexity index is 791. The number of alkyl halides is 3. The lowest BCUT2D eigenvalue weighted by Crippen LogP contribution is -2.30. The third-order valence-electron chi connectivity index (χ3n) is 3.50. The summed E-state index contributed by atoms with van der Waals surface area (Å²) in [5.41, 5.74) is -0.992. The summed E-state index contributed by atoms with van der Waals surface area (Å²) in [5.74, 6) is -1.93. The van der Waals surface area contributed by atoms with Gasteiger partial charge in [0.25, 0.3) is 0 Å². The second-order valence-corrected chi connectivity index (χ2v) is 5.46. The van der Waals surface area contributed by atoms with Crippen molar-refractivity contribution in [3.8, 4) is 0 Å². The highest BCUT2D eigenvalue weighted by Gasteiger charge is 2.33. The molecular weight excluding hydrogens is 352 g/mol. The number of anilines is 1. The summed E-state index contributed by atoms with van der Waals surface area (Å²) >= 11 is 0. The van der Waals surface area contributed by atoms with Gasteiger partial charge in [0.2, 0.25) is 11.8 Å². The molecule has 0 heterocycles. The fourth-order valence-electron chi connectivity index (χ4n) is 2.28. The topological polar surface area (TPSA) is 58.2 Å². The fourth-order valence-corrected chi connectivity index (χ4v) is 2.28. The molecule has 2 amide bonds. The van der Waals surface area contributed by atoms with E-state index in [0.29, 0.717) is 5.56 Å². The van der Waals surface area contributed by atoms with Crippen LogP contribution in [0, 0.1) is 5.82 Å². The Morgan fingerprint density at radius 1 is 0.923 bits per heavy atom. The molecule has 0 radical (unpaired) electrons. The SMILES string of the molecule is O=C(CC(=O)Nc1ccccc1C(F)(F)F)NCCc1ccccc1F. The van der Waals surface area contributed by atoms with E-state index in [9.17, 15) is 27.2 Å². The van der Waals surface area contributed by atoms with Crippen LogP contribution < -0.4 is 10.6 Å². The maximum atomic E-state index is 13.4. The zero-order chi connectivity index (χ0) is 19.2. The van der Waals surface area contributed by atoms with E-state index in [2.05, 4.69) is 10.6 Å². The molecule has 2 aromatic carbocycles. The van der Waals surface area contributed by atoms with Crippen LogP contribution in [0.25, 0.3) is 0 Å². The van der Waals surface area contributed by atoms with Gasteiger partial charge in [-0.2, -0.15) is 13.2 Å². The minimum Gasteiger partial charge on any atom is -0.355 e. The molecule has 0 aliphatic carbocycles. The quantitative estimate of drug-likeness (QED) is 0.605. The van der Waals surface area contributed by atoms with Crippen LogP contribution in [0.4, 0.5) is 23.2 Å². The summed E-state index contributed by atoms with van der Waals surface area (Å²) in [6, 6.07) is 10.6. The van der Waals surface area contributed by atoms with Crippen molar-refractivity contribution < 1.29 is 27.2 Å². The number of carbonyl (C=O) groups excluding carboxylic acids is 2. The number of para-hydroxylation sites is 1. The van der Waals surface area contributed by atoms with Gasteiger partial charge in [0, 0.05) is 6.54 Å². The second-order valence-electron chi connectivity index (χ2n) is 5.46. The Balaban J connectivity index is 1.85. The van der Waals surface area contributed by atoms with Crippen molar-refractivity contribution >= 4 is 17.5 Å². The highest BCUT2D eigenvalue weighted by Crippen LogP contribution is 2.34. The summed E-state index contributed by atoms with van der Waals surface area (Å²) < 4.78 is 52.0. The highest BCUT2D eigenvalue weighted by atomic mass is 19.4. The van der Waals surface area contributed by atoms with Crippen molar-refractivity contribution in [2.24, 2.45) is 0 Å². The van der Waals surface area contributed by atoms with Crippen molar-refractivity contribution in [3.05, 3.63) is 65.5 Å². The van der Waals surface area contributed by atoms with E-state index in [-0.39, 0.29) is 13.0 Å². The van der Waals surface area contributed by atoms with Crippen molar-refractivity contribution in [2.75, 3.05) is 11.9 Å². The third kappa shape index (κ3) is 5.58. The molecule has 8 heteroatoms. The van der Waals surface area contributed by atoms with E-state index in [4.69, 9.17) is 0 Å². The van der Waals surface area contributed by atoms with Gasteiger partial charge >= 0.3 is 6.18 Å². The number of carbonyl (C=O) groups is 2. The molecule has 2 N–H and O–H groups in total. The number of benzene rings is 2. The number of amides is 2. The van der Waals surface area contributed by atoms with Crippen molar-refractivity contribution in [1.29, 1.82) is 0 Å². The van der Waals surface area contributed by atoms with Gasteiger partial charge in [0.05, 0.1) is 11.3 Å². The lowest BCUT2D eigenvalue weighted by molar-refractivity contribution is -0.137. The highest BCUT2D eigenvalue weighted by molar-refractivity contribution is 6.03. The van der Waals surface area contributed by atoms with Gasteiger partial charge in [-0.15, -0.1) is 0 Å². The van der Waals surface area contributed by atoms with Crippen LogP contribution in [0.3, 0.4) is 0 Å². The van der Waals surface area contributed by atoms with Gasteiger partial charge in [-0.3, -0.25) is 9.59 Å². The first kappa shape index (κ1) is 19.4. The Morgan fingerprint density at radius 2 is 1.58 bits per heavy atom. The summed E-state index contributed by atoms with van der Waals surface area (Å²) in [6.45, 7) is 0.103. The van der Waals surface area contributed by atoms with Crippen molar-refractivity contribution in [3.63, 3.8) is 0 Å². The molecule has 2 rings (SSSR count). The molecule has 26 heavy (non-hydrogen) atoms. The Hall–Kier alpha value is -2.90. The summed E-state index contributed by atoms with van der Waals surface area (Å²) in [4.78, 5) is 23.5. The molecule has 0 aromatic heterocycles. The largest absolute Gasteiger partial charge is 0.418 e. The molecule has 0 spiro atoms. The number of hydrogen-bond acceptors (Lipinski definition) is 2. The van der Waals surface area contributed by atoms with Crippen molar-refractivity contribution in [1.82, 2.24) is 5.32 Å². The van der Waals surface area contributed by atoms with Crippen LogP contribution in [0.2, 0.25) is 0 Å². The van der Waals surface area contributed by atoms with Crippen LogP contribution >= 0.6 is 0 Å². The normalized spacial score (nSPS) is 11.1. The fraction of sp³-hybridized carbons (Fsp3) is 0.222. The van der Waals surface area contributed by atoms with Gasteiger partial charge in [-0.05, 0) is 30.2 Å². The average molecular weight is 368 g/mol. The van der Waals surface area contributed by atoms with E-state index >= 15 is 0 Å². The molecule has 0 fully saturated rings. The van der Waals surface area contributed by atoms with Gasteiger partial charge in [0.15, 0.2) is 0 Å². The van der Waals surface area contributed by atoms with E-state index in [1.54, 1.807) is 18.2 Å². The molecule has 0 aliphatic heterocycles. The molecule has 2 aromatic rings. The Morgan fingerprint density at radius 3 is 2.27 bits per heavy atom. The standard InChI is InChI=1S/C18H16F4N2O2/c19-14-7-3-1-5-12(14)9-10-23-16(25)11-17(26)24-15-8-4-2-6-13(15)18(20,21)22/h1-8H,9-11H2,(H,23,25)(H,24,26). The van der Waals surface area contributed by atoms with E-state index in [0.717, 1.165) is 12.1 Å². The molecule has 0 bridgehead atoms. The zero-order valence-electron chi connectivity index (χ0n) is 13.6. The zero-order valence-corrected chi connectivity index (χ0v) is 13.6. The Kier molecular flexibility index (Phi) is 6.32. The maximum Gasteiger partial charge on any atom is 0.418 e. The smallest absolute Gasteiger partial charge is 0.355 e. The van der Waals surface area contributed by atoms with Crippen LogP contribution in [-0.2, 0) is 22.2 Å². The van der Waals surface area contributed by atoms with E-state index in [1.165, 1.54) is 18.2 Å². The van der Waals surface area contributed by atoms with Crippen LogP contribution in [-0.4, -0.2) is 18.4 Å². The number of rotatable bonds is 6. The predicted octanol–water partition coefficient (Wildman–Crippen LogP) is 3.53. The van der Waals surface area contributed by atoms with Crippen LogP contribution in [0.1, 0.15) is 17.5 Å². The number of halogens is 4. The molecule has 138 valence electrons. The molecule has 0 aliphatic rings. The molecule has 0 saturated heterocycles.